The molecule has 0 aliphatic carbocycles. The van der Waals surface area contributed by atoms with Crippen LogP contribution in [0.5, 0.6) is 0 Å². The Labute approximate surface area is 179 Å². The summed E-state index contributed by atoms with van der Waals surface area (Å²) in [4.78, 5) is 40.1. The molecule has 7 nitrogen and oxygen atoms in total. The smallest absolute Gasteiger partial charge is 0.287 e. The van der Waals surface area contributed by atoms with Gasteiger partial charge < -0.3 is 19.5 Å². The fourth-order valence-electron chi connectivity index (χ4n) is 2.78. The van der Waals surface area contributed by atoms with E-state index >= 15 is 0 Å². The highest BCUT2D eigenvalue weighted by Gasteiger charge is 2.26. The van der Waals surface area contributed by atoms with Crippen molar-refractivity contribution in [2.45, 2.75) is 0 Å². The zero-order valence-electron chi connectivity index (χ0n) is 14.6. The van der Waals surface area contributed by atoms with E-state index in [-0.39, 0.29) is 24.1 Å². The monoisotopic (exact) mass is 487 g/mol. The molecule has 148 valence electrons. The Kier molecular flexibility index (Phi) is 6.64. The van der Waals surface area contributed by atoms with Crippen molar-refractivity contribution in [1.29, 1.82) is 0 Å². The maximum atomic E-state index is 12.6. The lowest BCUT2D eigenvalue weighted by molar-refractivity contribution is -0.131. The molecule has 1 aromatic heterocycles. The second kappa shape index (κ2) is 8.98. The van der Waals surface area contributed by atoms with Crippen molar-refractivity contribution < 1.29 is 18.8 Å². The van der Waals surface area contributed by atoms with Crippen LogP contribution in [0.3, 0.4) is 0 Å². The maximum Gasteiger partial charge on any atom is 0.287 e. The minimum absolute atomic E-state index is 0.120. The molecule has 1 N–H and O–H groups in total. The first-order valence-corrected chi connectivity index (χ1v) is 9.95. The quantitative estimate of drug-likeness (QED) is 0.716. The van der Waals surface area contributed by atoms with Gasteiger partial charge in [0.25, 0.3) is 11.8 Å². The van der Waals surface area contributed by atoms with E-state index in [1.165, 1.54) is 12.1 Å². The summed E-state index contributed by atoms with van der Waals surface area (Å²) in [6.45, 7) is 1.36. The molecule has 1 saturated heterocycles. The average molecular weight is 489 g/mol. The summed E-state index contributed by atoms with van der Waals surface area (Å²) in [5.41, 5.74) is 0.378. The molecular weight excluding hydrogens is 473 g/mol. The molecule has 10 heteroatoms. The first-order valence-electron chi connectivity index (χ1n) is 8.41. The molecular formula is C18H16BrCl2N3O4. The minimum Gasteiger partial charge on any atom is -0.444 e. The van der Waals surface area contributed by atoms with E-state index in [1.54, 1.807) is 28.0 Å². The Balaban J connectivity index is 1.49. The zero-order valence-corrected chi connectivity index (χ0v) is 17.7. The Morgan fingerprint density at radius 1 is 1.04 bits per heavy atom. The van der Waals surface area contributed by atoms with Crippen LogP contribution in [0.1, 0.15) is 20.9 Å². The van der Waals surface area contributed by atoms with Crippen LogP contribution in [0, 0.1) is 0 Å². The molecule has 1 aliphatic rings. The number of nitrogens with one attached hydrogen (secondary N) is 1. The highest BCUT2D eigenvalue weighted by molar-refractivity contribution is 9.10. The first kappa shape index (κ1) is 20.7. The van der Waals surface area contributed by atoms with Crippen LogP contribution in [0.4, 0.5) is 0 Å². The summed E-state index contributed by atoms with van der Waals surface area (Å²) >= 11 is 15.1. The van der Waals surface area contributed by atoms with Gasteiger partial charge in [-0.2, -0.15) is 0 Å². The molecule has 0 spiro atoms. The number of carbonyl (C=O) groups is 3. The highest BCUT2D eigenvalue weighted by Crippen LogP contribution is 2.23. The van der Waals surface area contributed by atoms with Gasteiger partial charge in [-0.15, -0.1) is 0 Å². The van der Waals surface area contributed by atoms with Crippen LogP contribution in [0.2, 0.25) is 10.0 Å². The van der Waals surface area contributed by atoms with E-state index in [2.05, 4.69) is 21.2 Å². The Bertz CT molecular complexity index is 910. The van der Waals surface area contributed by atoms with Gasteiger partial charge in [0.05, 0.1) is 17.1 Å². The molecule has 3 rings (SSSR count). The maximum absolute atomic E-state index is 12.6. The summed E-state index contributed by atoms with van der Waals surface area (Å²) in [6.07, 6.45) is 0. The molecule has 0 atom stereocenters. The highest BCUT2D eigenvalue weighted by atomic mass is 79.9. The standard InChI is InChI=1S/C18H16BrCl2N3O4/c19-15-4-3-14(28-15)17(26)22-10-16(25)23-5-7-24(8-6-23)18(27)12-2-1-11(20)9-13(12)21/h1-4,9H,5-8,10H2,(H,22,26). The lowest BCUT2D eigenvalue weighted by atomic mass is 10.1. The molecule has 0 bridgehead atoms. The SMILES string of the molecule is O=C(NCC(=O)N1CCN(C(=O)c2ccc(Cl)cc2Cl)CC1)c1ccc(Br)o1. The third-order valence-electron chi connectivity index (χ3n) is 4.28. The van der Waals surface area contributed by atoms with Gasteiger partial charge in [-0.1, -0.05) is 23.2 Å². The average Bonchev–Trinajstić information content (AvgIpc) is 3.12. The number of nitrogens with zero attached hydrogens (tertiary/aromatic N) is 2. The van der Waals surface area contributed by atoms with Gasteiger partial charge in [0.1, 0.15) is 0 Å². The predicted molar refractivity (Wildman–Crippen MR) is 108 cm³/mol. The number of hydrogen-bond acceptors (Lipinski definition) is 4. The molecule has 3 amide bonds. The van der Waals surface area contributed by atoms with E-state index in [0.717, 1.165) is 0 Å². The third kappa shape index (κ3) is 4.87. The molecule has 1 aromatic carbocycles. The lowest BCUT2D eigenvalue weighted by Crippen LogP contribution is -2.52. The van der Waals surface area contributed by atoms with Crippen molar-refractivity contribution in [3.8, 4) is 0 Å². The minimum atomic E-state index is -0.467. The van der Waals surface area contributed by atoms with Crippen molar-refractivity contribution in [2.24, 2.45) is 0 Å². The summed E-state index contributed by atoms with van der Waals surface area (Å²) < 4.78 is 5.57. The number of furan rings is 1. The Morgan fingerprint density at radius 3 is 2.32 bits per heavy atom. The predicted octanol–water partition coefficient (Wildman–Crippen LogP) is 3.06. The summed E-state index contributed by atoms with van der Waals surface area (Å²) in [5, 5.41) is 3.28. The molecule has 0 unspecified atom stereocenters. The number of amides is 3. The van der Waals surface area contributed by atoms with Gasteiger partial charge in [0.2, 0.25) is 5.91 Å². The number of benzene rings is 1. The van der Waals surface area contributed by atoms with Crippen molar-refractivity contribution in [3.05, 3.63) is 56.4 Å². The molecule has 0 saturated carbocycles. The van der Waals surface area contributed by atoms with Gasteiger partial charge in [0, 0.05) is 31.2 Å². The molecule has 28 heavy (non-hydrogen) atoms. The fraction of sp³-hybridized carbons (Fsp3) is 0.278. The normalized spacial score (nSPS) is 14.1. The summed E-state index contributed by atoms with van der Waals surface area (Å²) in [7, 11) is 0. The second-order valence-electron chi connectivity index (χ2n) is 6.08. The Hall–Kier alpha value is -2.03. The summed E-state index contributed by atoms with van der Waals surface area (Å²) in [5.74, 6) is -0.777. The first-order chi connectivity index (χ1) is 13.3. The summed E-state index contributed by atoms with van der Waals surface area (Å²) in [6, 6.07) is 7.83. The number of piperazine rings is 1. The van der Waals surface area contributed by atoms with Crippen molar-refractivity contribution >= 4 is 56.9 Å². The van der Waals surface area contributed by atoms with Gasteiger partial charge in [-0.3, -0.25) is 14.4 Å². The molecule has 2 heterocycles. The molecule has 0 radical (unpaired) electrons. The van der Waals surface area contributed by atoms with Crippen LogP contribution in [0.15, 0.2) is 39.4 Å². The van der Waals surface area contributed by atoms with Crippen molar-refractivity contribution in [3.63, 3.8) is 0 Å². The fourth-order valence-corrected chi connectivity index (χ4v) is 3.58. The number of rotatable bonds is 4. The Morgan fingerprint density at radius 2 is 1.71 bits per heavy atom. The number of hydrogen-bond donors (Lipinski definition) is 1. The van der Waals surface area contributed by atoms with E-state index < -0.39 is 5.91 Å². The van der Waals surface area contributed by atoms with E-state index in [4.69, 9.17) is 27.6 Å². The van der Waals surface area contributed by atoms with Gasteiger partial charge >= 0.3 is 0 Å². The topological polar surface area (TPSA) is 82.9 Å². The van der Waals surface area contributed by atoms with E-state index in [9.17, 15) is 14.4 Å². The molecule has 2 aromatic rings. The van der Waals surface area contributed by atoms with Crippen molar-refractivity contribution in [1.82, 2.24) is 15.1 Å². The van der Waals surface area contributed by atoms with Crippen LogP contribution < -0.4 is 5.32 Å². The van der Waals surface area contributed by atoms with Gasteiger partial charge in [0.15, 0.2) is 10.4 Å². The van der Waals surface area contributed by atoms with Crippen LogP contribution in [-0.4, -0.2) is 60.2 Å². The van der Waals surface area contributed by atoms with Crippen molar-refractivity contribution in [2.75, 3.05) is 32.7 Å². The zero-order chi connectivity index (χ0) is 20.3. The van der Waals surface area contributed by atoms with E-state index in [0.29, 0.717) is 46.5 Å². The van der Waals surface area contributed by atoms with Crippen LogP contribution in [0.25, 0.3) is 0 Å². The second-order valence-corrected chi connectivity index (χ2v) is 7.71. The molecule has 1 aliphatic heterocycles. The lowest BCUT2D eigenvalue weighted by Gasteiger charge is -2.35. The van der Waals surface area contributed by atoms with Crippen LogP contribution in [-0.2, 0) is 4.79 Å². The van der Waals surface area contributed by atoms with Gasteiger partial charge in [-0.25, -0.2) is 0 Å². The largest absolute Gasteiger partial charge is 0.444 e. The number of carbonyl (C=O) groups excluding carboxylic acids is 3. The van der Waals surface area contributed by atoms with Gasteiger partial charge in [-0.05, 0) is 46.3 Å². The molecule has 1 fully saturated rings. The third-order valence-corrected chi connectivity index (χ3v) is 5.25. The van der Waals surface area contributed by atoms with Crippen LogP contribution >= 0.6 is 39.1 Å². The van der Waals surface area contributed by atoms with E-state index in [1.807, 2.05) is 0 Å². The number of halogens is 3.